The SMILES string of the molecule is Cc1cccc(-c2nc(COC3CCCC(OC=Cc4sc(=O)[nH]c4O)C3)c(C)o2)c1. The van der Waals surface area contributed by atoms with Crippen molar-refractivity contribution in [3.05, 3.63) is 62.1 Å². The molecule has 0 amide bonds. The van der Waals surface area contributed by atoms with Crippen LogP contribution in [0.5, 0.6) is 5.88 Å². The number of benzene rings is 1. The van der Waals surface area contributed by atoms with Crippen LogP contribution in [-0.2, 0) is 16.1 Å². The smallest absolute Gasteiger partial charge is 0.307 e. The molecule has 7 nitrogen and oxygen atoms in total. The number of aryl methyl sites for hydroxylation is 2. The number of ether oxygens (including phenoxy) is 2. The average Bonchev–Trinajstić information content (AvgIpc) is 3.28. The van der Waals surface area contributed by atoms with Gasteiger partial charge in [-0.15, -0.1) is 0 Å². The number of hydrogen-bond acceptors (Lipinski definition) is 7. The number of hydrogen-bond donors (Lipinski definition) is 2. The van der Waals surface area contributed by atoms with Gasteiger partial charge in [0.1, 0.15) is 17.6 Å². The van der Waals surface area contributed by atoms with Crippen LogP contribution in [0.15, 0.2) is 39.7 Å². The van der Waals surface area contributed by atoms with Gasteiger partial charge in [-0.05, 0) is 51.3 Å². The van der Waals surface area contributed by atoms with Crippen molar-refractivity contribution in [3.63, 3.8) is 0 Å². The van der Waals surface area contributed by atoms with Gasteiger partial charge < -0.3 is 19.0 Å². The highest BCUT2D eigenvalue weighted by Gasteiger charge is 2.24. The summed E-state index contributed by atoms with van der Waals surface area (Å²) in [6.45, 7) is 4.36. The molecule has 0 radical (unpaired) electrons. The number of aromatic hydroxyl groups is 1. The van der Waals surface area contributed by atoms with Crippen molar-refractivity contribution < 1.29 is 19.0 Å². The van der Waals surface area contributed by atoms with Crippen molar-refractivity contribution in [1.29, 1.82) is 0 Å². The Labute approximate surface area is 184 Å². The molecule has 2 atom stereocenters. The zero-order valence-corrected chi connectivity index (χ0v) is 18.4. The topological polar surface area (TPSA) is 97.6 Å². The molecule has 1 aromatic carbocycles. The van der Waals surface area contributed by atoms with Gasteiger partial charge >= 0.3 is 4.87 Å². The number of nitrogens with zero attached hydrogens (tertiary/aromatic N) is 1. The molecule has 164 valence electrons. The first-order chi connectivity index (χ1) is 15.0. The first-order valence-corrected chi connectivity index (χ1v) is 11.2. The van der Waals surface area contributed by atoms with Crippen LogP contribution < -0.4 is 4.87 Å². The summed E-state index contributed by atoms with van der Waals surface area (Å²) < 4.78 is 17.8. The summed E-state index contributed by atoms with van der Waals surface area (Å²) in [4.78, 5) is 18.4. The predicted octanol–water partition coefficient (Wildman–Crippen LogP) is 4.93. The molecule has 2 unspecified atom stereocenters. The summed E-state index contributed by atoms with van der Waals surface area (Å²) in [5.41, 5.74) is 2.94. The highest BCUT2D eigenvalue weighted by Crippen LogP contribution is 2.27. The fourth-order valence-corrected chi connectivity index (χ4v) is 4.31. The molecule has 0 aliphatic heterocycles. The van der Waals surface area contributed by atoms with E-state index in [2.05, 4.69) is 16.0 Å². The minimum absolute atomic E-state index is 0.0362. The third-order valence-electron chi connectivity index (χ3n) is 5.34. The maximum atomic E-state index is 11.2. The quantitative estimate of drug-likeness (QED) is 0.504. The Kier molecular flexibility index (Phi) is 6.58. The predicted molar refractivity (Wildman–Crippen MR) is 119 cm³/mol. The fourth-order valence-electron chi connectivity index (χ4n) is 3.69. The van der Waals surface area contributed by atoms with E-state index in [1.807, 2.05) is 32.0 Å². The third-order valence-corrected chi connectivity index (χ3v) is 6.18. The molecule has 31 heavy (non-hydrogen) atoms. The van der Waals surface area contributed by atoms with Gasteiger partial charge in [0.2, 0.25) is 11.8 Å². The van der Waals surface area contributed by atoms with Crippen LogP contribution >= 0.6 is 11.3 Å². The lowest BCUT2D eigenvalue weighted by Crippen LogP contribution is -2.27. The molecule has 2 heterocycles. The van der Waals surface area contributed by atoms with E-state index in [1.165, 1.54) is 0 Å². The molecular weight excluding hydrogens is 416 g/mol. The lowest BCUT2D eigenvalue weighted by molar-refractivity contribution is -0.0277. The van der Waals surface area contributed by atoms with E-state index in [-0.39, 0.29) is 23.0 Å². The van der Waals surface area contributed by atoms with Gasteiger partial charge in [-0.3, -0.25) is 9.78 Å². The average molecular weight is 443 g/mol. The summed E-state index contributed by atoms with van der Waals surface area (Å²) in [7, 11) is 0. The molecule has 0 bridgehead atoms. The van der Waals surface area contributed by atoms with Crippen LogP contribution in [0.1, 0.15) is 47.6 Å². The van der Waals surface area contributed by atoms with Gasteiger partial charge in [0.05, 0.1) is 23.9 Å². The third kappa shape index (κ3) is 5.45. The number of aromatic amines is 1. The Morgan fingerprint density at radius 1 is 1.32 bits per heavy atom. The van der Waals surface area contributed by atoms with E-state index in [1.54, 1.807) is 12.3 Å². The molecule has 1 saturated carbocycles. The summed E-state index contributed by atoms with van der Waals surface area (Å²) >= 11 is 0.941. The van der Waals surface area contributed by atoms with E-state index in [4.69, 9.17) is 13.9 Å². The van der Waals surface area contributed by atoms with Crippen LogP contribution in [-0.4, -0.2) is 27.3 Å². The van der Waals surface area contributed by atoms with E-state index in [9.17, 15) is 9.90 Å². The summed E-state index contributed by atoms with van der Waals surface area (Å²) in [6.07, 6.45) is 6.98. The number of thiazole rings is 1. The fraction of sp³-hybridized carbons (Fsp3) is 0.391. The van der Waals surface area contributed by atoms with Crippen molar-refractivity contribution in [3.8, 4) is 17.3 Å². The Hall–Kier alpha value is -2.84. The number of oxazole rings is 1. The van der Waals surface area contributed by atoms with Crippen LogP contribution in [0, 0.1) is 13.8 Å². The highest BCUT2D eigenvalue weighted by molar-refractivity contribution is 7.10. The summed E-state index contributed by atoms with van der Waals surface area (Å²) in [5, 5.41) is 9.61. The number of nitrogens with one attached hydrogen (secondary N) is 1. The van der Waals surface area contributed by atoms with Gasteiger partial charge in [0.25, 0.3) is 0 Å². The summed E-state index contributed by atoms with van der Waals surface area (Å²) in [5.74, 6) is 1.26. The minimum atomic E-state index is -0.294. The van der Waals surface area contributed by atoms with Gasteiger partial charge in [0.15, 0.2) is 0 Å². The highest BCUT2D eigenvalue weighted by atomic mass is 32.1. The molecule has 3 aromatic rings. The Morgan fingerprint density at radius 2 is 2.16 bits per heavy atom. The van der Waals surface area contributed by atoms with Crippen LogP contribution in [0.25, 0.3) is 17.5 Å². The largest absolute Gasteiger partial charge is 0.498 e. The molecule has 4 rings (SSSR count). The number of aromatic nitrogens is 2. The maximum absolute atomic E-state index is 11.2. The van der Waals surface area contributed by atoms with E-state index >= 15 is 0 Å². The molecule has 0 spiro atoms. The standard InChI is InChI=1S/C23H26N2O5S/c1-14-5-3-6-16(11-14)22-24-19(15(2)30-22)13-29-18-8-4-7-17(12-18)28-10-9-20-21(26)25-23(27)31-20/h3,5-6,9-11,17-18,26H,4,7-8,12-13H2,1-2H3,(H,25,27). The lowest BCUT2D eigenvalue weighted by atomic mass is 9.95. The van der Waals surface area contributed by atoms with Crippen molar-refractivity contribution >= 4 is 17.4 Å². The van der Waals surface area contributed by atoms with Gasteiger partial charge in [0, 0.05) is 12.0 Å². The zero-order chi connectivity index (χ0) is 21.8. The van der Waals surface area contributed by atoms with Crippen molar-refractivity contribution in [1.82, 2.24) is 9.97 Å². The Bertz CT molecular complexity index is 1110. The van der Waals surface area contributed by atoms with E-state index < -0.39 is 0 Å². The normalized spacial score (nSPS) is 19.2. The molecular formula is C23H26N2O5S. The van der Waals surface area contributed by atoms with Crippen molar-refractivity contribution in [2.75, 3.05) is 0 Å². The van der Waals surface area contributed by atoms with Crippen LogP contribution in [0.4, 0.5) is 0 Å². The lowest BCUT2D eigenvalue weighted by Gasteiger charge is -2.28. The molecule has 1 aliphatic carbocycles. The first-order valence-electron chi connectivity index (χ1n) is 10.4. The molecule has 1 aliphatic rings. The van der Waals surface area contributed by atoms with Crippen LogP contribution in [0.3, 0.4) is 0 Å². The second-order valence-electron chi connectivity index (χ2n) is 7.78. The molecule has 8 heteroatoms. The van der Waals surface area contributed by atoms with Gasteiger partial charge in [-0.2, -0.15) is 0 Å². The minimum Gasteiger partial charge on any atom is -0.498 e. The number of rotatable bonds is 7. The number of H-pyrrole nitrogens is 1. The Morgan fingerprint density at radius 3 is 2.94 bits per heavy atom. The van der Waals surface area contributed by atoms with Gasteiger partial charge in [-0.1, -0.05) is 29.0 Å². The van der Waals surface area contributed by atoms with Crippen LogP contribution in [0.2, 0.25) is 0 Å². The summed E-state index contributed by atoms with van der Waals surface area (Å²) in [6, 6.07) is 8.08. The zero-order valence-electron chi connectivity index (χ0n) is 17.6. The first kappa shape index (κ1) is 21.4. The molecule has 2 N–H and O–H groups in total. The second-order valence-corrected chi connectivity index (χ2v) is 8.79. The van der Waals surface area contributed by atoms with E-state index in [0.717, 1.165) is 59.6 Å². The van der Waals surface area contributed by atoms with Crippen molar-refractivity contribution in [2.45, 2.75) is 58.3 Å². The molecule has 1 fully saturated rings. The monoisotopic (exact) mass is 442 g/mol. The van der Waals surface area contributed by atoms with Crippen molar-refractivity contribution in [2.24, 2.45) is 0 Å². The van der Waals surface area contributed by atoms with Gasteiger partial charge in [-0.25, -0.2) is 4.98 Å². The molecule has 0 saturated heterocycles. The second kappa shape index (κ2) is 9.53. The van der Waals surface area contributed by atoms with E-state index in [0.29, 0.717) is 17.4 Å². The Balaban J connectivity index is 1.31. The maximum Gasteiger partial charge on any atom is 0.307 e. The molecule has 2 aromatic heterocycles.